The topological polar surface area (TPSA) is 93.1 Å². The molecular weight excluding hydrogens is 300 g/mol. The predicted molar refractivity (Wildman–Crippen MR) is 79.9 cm³/mol. The van der Waals surface area contributed by atoms with Gasteiger partial charge in [-0.1, -0.05) is 19.4 Å². The maximum absolute atomic E-state index is 11.8. The molecule has 0 radical (unpaired) electrons. The molecule has 23 heavy (non-hydrogen) atoms. The van der Waals surface area contributed by atoms with Crippen molar-refractivity contribution in [3.63, 3.8) is 0 Å². The number of fused-ring (bicyclic) bond motifs is 2. The molecule has 0 unspecified atom stereocenters. The van der Waals surface area contributed by atoms with Gasteiger partial charge < -0.3 is 19.7 Å². The number of aliphatic hydroxyl groups is 2. The summed E-state index contributed by atoms with van der Waals surface area (Å²) in [7, 11) is 0. The Morgan fingerprint density at radius 1 is 1.48 bits per heavy atom. The average Bonchev–Trinajstić information content (AvgIpc) is 2.67. The molecule has 0 bridgehead atoms. The van der Waals surface area contributed by atoms with Gasteiger partial charge in [-0.15, -0.1) is 0 Å². The van der Waals surface area contributed by atoms with E-state index in [1.54, 1.807) is 6.08 Å². The Labute approximate surface area is 134 Å². The van der Waals surface area contributed by atoms with E-state index in [1.807, 2.05) is 13.8 Å². The summed E-state index contributed by atoms with van der Waals surface area (Å²) in [5, 5.41) is 21.6. The fourth-order valence-corrected chi connectivity index (χ4v) is 4.22. The summed E-state index contributed by atoms with van der Waals surface area (Å²) in [4.78, 5) is 23.2. The Bertz CT molecular complexity index is 647. The molecule has 0 amide bonds. The van der Waals surface area contributed by atoms with Gasteiger partial charge in [0.2, 0.25) is 0 Å². The lowest BCUT2D eigenvalue weighted by Crippen LogP contribution is -2.55. The number of hydrogen-bond acceptors (Lipinski definition) is 6. The lowest BCUT2D eigenvalue weighted by atomic mass is 9.56. The summed E-state index contributed by atoms with van der Waals surface area (Å²) < 4.78 is 10.5. The number of esters is 2. The Balaban J connectivity index is 2.09. The smallest absolute Gasteiger partial charge is 0.337 e. The van der Waals surface area contributed by atoms with Crippen LogP contribution in [0.1, 0.15) is 40.5 Å². The molecule has 5 atom stereocenters. The van der Waals surface area contributed by atoms with Crippen molar-refractivity contribution in [2.45, 2.75) is 58.5 Å². The van der Waals surface area contributed by atoms with E-state index in [2.05, 4.69) is 0 Å². The van der Waals surface area contributed by atoms with Crippen LogP contribution in [0.15, 0.2) is 22.8 Å². The Morgan fingerprint density at radius 2 is 2.13 bits per heavy atom. The standard InChI is InChI=1S/C17H22O6/c1-8-13-14(19)16(4)9(2)12(22-10(3)18)6-5-11(16)7-17(13,21)23-15(8)20/h7,9,12,14,19,21H,5-6H2,1-4H3/t9-,12-,14-,16+,17+/m0/s1. The Hall–Kier alpha value is -1.66. The van der Waals surface area contributed by atoms with Crippen molar-refractivity contribution in [3.05, 3.63) is 22.8 Å². The van der Waals surface area contributed by atoms with Gasteiger partial charge in [0.1, 0.15) is 6.10 Å². The van der Waals surface area contributed by atoms with Crippen LogP contribution in [0.5, 0.6) is 0 Å². The molecule has 1 aliphatic heterocycles. The van der Waals surface area contributed by atoms with Crippen molar-refractivity contribution in [2.24, 2.45) is 11.3 Å². The summed E-state index contributed by atoms with van der Waals surface area (Å²) >= 11 is 0. The second-order valence-electron chi connectivity index (χ2n) is 6.95. The third-order valence-electron chi connectivity index (χ3n) is 5.77. The maximum Gasteiger partial charge on any atom is 0.337 e. The number of carbonyl (C=O) groups is 2. The van der Waals surface area contributed by atoms with E-state index >= 15 is 0 Å². The van der Waals surface area contributed by atoms with Gasteiger partial charge in [0.25, 0.3) is 5.79 Å². The first-order chi connectivity index (χ1) is 10.6. The van der Waals surface area contributed by atoms with Crippen molar-refractivity contribution < 1.29 is 29.3 Å². The fourth-order valence-electron chi connectivity index (χ4n) is 4.22. The SMILES string of the molecule is CC(=O)O[C@H]1CCC2=C[C@@]3(O)OC(=O)C(C)=C3[C@H](O)[C@]2(C)[C@H]1C. The molecule has 0 spiro atoms. The van der Waals surface area contributed by atoms with Gasteiger partial charge in [-0.05, 0) is 25.8 Å². The van der Waals surface area contributed by atoms with E-state index in [-0.39, 0.29) is 29.1 Å². The zero-order chi connectivity index (χ0) is 17.2. The van der Waals surface area contributed by atoms with Gasteiger partial charge >= 0.3 is 11.9 Å². The molecule has 0 aromatic rings. The van der Waals surface area contributed by atoms with Crippen LogP contribution in [0.4, 0.5) is 0 Å². The zero-order valence-corrected chi connectivity index (χ0v) is 13.8. The molecular formula is C17H22O6. The average molecular weight is 322 g/mol. The minimum Gasteiger partial charge on any atom is -0.462 e. The maximum atomic E-state index is 11.8. The second-order valence-corrected chi connectivity index (χ2v) is 6.95. The summed E-state index contributed by atoms with van der Waals surface area (Å²) in [6, 6.07) is 0. The van der Waals surface area contributed by atoms with Crippen molar-refractivity contribution in [3.8, 4) is 0 Å². The minimum absolute atomic E-state index is 0.165. The predicted octanol–water partition coefficient (Wildman–Crippen LogP) is 1.22. The molecule has 6 heteroatoms. The van der Waals surface area contributed by atoms with Crippen LogP contribution < -0.4 is 0 Å². The minimum atomic E-state index is -1.86. The molecule has 126 valence electrons. The Kier molecular flexibility index (Phi) is 3.46. The first-order valence-corrected chi connectivity index (χ1v) is 7.85. The lowest BCUT2D eigenvalue weighted by Gasteiger charge is -2.52. The molecule has 0 saturated heterocycles. The van der Waals surface area contributed by atoms with E-state index in [4.69, 9.17) is 9.47 Å². The number of aliphatic hydroxyl groups excluding tert-OH is 1. The van der Waals surface area contributed by atoms with Crippen molar-refractivity contribution >= 4 is 11.9 Å². The molecule has 1 saturated carbocycles. The summed E-state index contributed by atoms with van der Waals surface area (Å²) in [5.74, 6) is -3.00. The van der Waals surface area contributed by atoms with Crippen molar-refractivity contribution in [1.29, 1.82) is 0 Å². The molecule has 3 aliphatic rings. The third kappa shape index (κ3) is 2.08. The molecule has 6 nitrogen and oxygen atoms in total. The third-order valence-corrected chi connectivity index (χ3v) is 5.77. The van der Waals surface area contributed by atoms with E-state index in [0.717, 1.165) is 5.57 Å². The lowest BCUT2D eigenvalue weighted by molar-refractivity contribution is -0.177. The first-order valence-electron chi connectivity index (χ1n) is 7.85. The van der Waals surface area contributed by atoms with Gasteiger partial charge in [0, 0.05) is 29.4 Å². The molecule has 0 aromatic carbocycles. The van der Waals surface area contributed by atoms with Crippen LogP contribution >= 0.6 is 0 Å². The van der Waals surface area contributed by atoms with Gasteiger partial charge in [-0.25, -0.2) is 4.79 Å². The van der Waals surface area contributed by atoms with Gasteiger partial charge in [-0.2, -0.15) is 0 Å². The highest BCUT2D eigenvalue weighted by molar-refractivity contribution is 5.93. The van der Waals surface area contributed by atoms with Crippen LogP contribution in [-0.4, -0.2) is 40.1 Å². The van der Waals surface area contributed by atoms with Crippen molar-refractivity contribution in [2.75, 3.05) is 0 Å². The fraction of sp³-hybridized carbons (Fsp3) is 0.647. The van der Waals surface area contributed by atoms with Crippen molar-refractivity contribution in [1.82, 2.24) is 0 Å². The second kappa shape index (κ2) is 4.92. The number of ether oxygens (including phenoxy) is 2. The zero-order valence-electron chi connectivity index (χ0n) is 13.8. The number of rotatable bonds is 1. The van der Waals surface area contributed by atoms with Gasteiger partial charge in [0.15, 0.2) is 0 Å². The van der Waals surface area contributed by atoms with E-state index < -0.39 is 23.3 Å². The Morgan fingerprint density at radius 3 is 2.74 bits per heavy atom. The van der Waals surface area contributed by atoms with E-state index in [9.17, 15) is 19.8 Å². The van der Waals surface area contributed by atoms with E-state index in [1.165, 1.54) is 13.8 Å². The number of carbonyl (C=O) groups excluding carboxylic acids is 2. The quantitative estimate of drug-likeness (QED) is 0.557. The van der Waals surface area contributed by atoms with Gasteiger partial charge in [-0.3, -0.25) is 4.79 Å². The van der Waals surface area contributed by atoms with Crippen LogP contribution in [0, 0.1) is 11.3 Å². The molecule has 1 heterocycles. The number of hydrogen-bond donors (Lipinski definition) is 2. The van der Waals surface area contributed by atoms with Crippen LogP contribution in [0.2, 0.25) is 0 Å². The summed E-state index contributed by atoms with van der Waals surface area (Å²) in [5.41, 5.74) is 0.534. The molecule has 3 rings (SSSR count). The van der Waals surface area contributed by atoms with E-state index in [0.29, 0.717) is 12.8 Å². The highest BCUT2D eigenvalue weighted by Gasteiger charge is 2.60. The molecule has 2 aliphatic carbocycles. The first kappa shape index (κ1) is 16.2. The van der Waals surface area contributed by atoms with Crippen LogP contribution in [0.3, 0.4) is 0 Å². The monoisotopic (exact) mass is 322 g/mol. The largest absolute Gasteiger partial charge is 0.462 e. The molecule has 1 fully saturated rings. The highest BCUT2D eigenvalue weighted by atomic mass is 16.7. The summed E-state index contributed by atoms with van der Waals surface area (Å²) in [6.45, 7) is 6.71. The summed E-state index contributed by atoms with van der Waals surface area (Å²) in [6.07, 6.45) is 1.32. The molecule has 0 aromatic heterocycles. The highest BCUT2D eigenvalue weighted by Crippen LogP contribution is 2.56. The molecule has 2 N–H and O–H groups in total. The van der Waals surface area contributed by atoms with Crippen LogP contribution in [0.25, 0.3) is 0 Å². The normalized spacial score (nSPS) is 42.6. The van der Waals surface area contributed by atoms with Gasteiger partial charge in [0.05, 0.1) is 6.10 Å². The van der Waals surface area contributed by atoms with Crippen LogP contribution in [-0.2, 0) is 19.1 Å².